The fraction of sp³-hybridized carbons (Fsp3) is 0.909. The number of hydrogen-bond acceptors (Lipinski definition) is 4. The van der Waals surface area contributed by atoms with Crippen LogP contribution in [0.2, 0.25) is 0 Å². The Balaban J connectivity index is 2.36. The summed E-state index contributed by atoms with van der Waals surface area (Å²) in [6.07, 6.45) is 4.11. The molecule has 0 aromatic rings. The third-order valence-electron chi connectivity index (χ3n) is 3.26. The molecule has 0 saturated heterocycles. The number of methoxy groups -OCH3 is 2. The highest BCUT2D eigenvalue weighted by Gasteiger charge is 2.37. The number of ether oxygens (including phenoxy) is 2. The highest BCUT2D eigenvalue weighted by Crippen LogP contribution is 2.34. The number of esters is 1. The zero-order valence-corrected chi connectivity index (χ0v) is 9.84. The topological polar surface area (TPSA) is 47.6 Å². The molecule has 1 rings (SSSR count). The second-order valence-corrected chi connectivity index (χ2v) is 4.11. The first-order chi connectivity index (χ1) is 7.17. The van der Waals surface area contributed by atoms with Crippen LogP contribution in [0, 0.1) is 0 Å². The predicted molar refractivity (Wildman–Crippen MR) is 57.7 cm³/mol. The lowest BCUT2D eigenvalue weighted by Crippen LogP contribution is -2.52. The molecule has 0 aromatic carbocycles. The molecule has 0 aromatic heterocycles. The van der Waals surface area contributed by atoms with E-state index in [1.807, 2.05) is 6.92 Å². The van der Waals surface area contributed by atoms with Crippen LogP contribution in [0.25, 0.3) is 0 Å². The van der Waals surface area contributed by atoms with Gasteiger partial charge in [-0.3, -0.25) is 4.79 Å². The predicted octanol–water partition coefficient (Wildman–Crippen LogP) is 1.10. The van der Waals surface area contributed by atoms with E-state index in [1.165, 1.54) is 13.5 Å². The van der Waals surface area contributed by atoms with Crippen molar-refractivity contribution < 1.29 is 14.3 Å². The normalized spacial score (nSPS) is 20.5. The summed E-state index contributed by atoms with van der Waals surface area (Å²) in [5.41, 5.74) is -0.0402. The van der Waals surface area contributed by atoms with Crippen molar-refractivity contribution in [2.45, 2.75) is 44.2 Å². The van der Waals surface area contributed by atoms with Crippen molar-refractivity contribution in [2.24, 2.45) is 0 Å². The molecule has 88 valence electrons. The van der Waals surface area contributed by atoms with Gasteiger partial charge in [0, 0.05) is 13.7 Å². The van der Waals surface area contributed by atoms with Gasteiger partial charge in [-0.1, -0.05) is 6.92 Å². The second kappa shape index (κ2) is 5.47. The minimum absolute atomic E-state index is 0.0402. The van der Waals surface area contributed by atoms with E-state index >= 15 is 0 Å². The molecule has 0 radical (unpaired) electrons. The van der Waals surface area contributed by atoms with Gasteiger partial charge in [0.25, 0.3) is 0 Å². The summed E-state index contributed by atoms with van der Waals surface area (Å²) in [7, 11) is 3.15. The first-order valence-electron chi connectivity index (χ1n) is 5.54. The van der Waals surface area contributed by atoms with Gasteiger partial charge in [0.05, 0.1) is 12.7 Å². The maximum atomic E-state index is 11.3. The molecule has 1 atom stereocenters. The van der Waals surface area contributed by atoms with Crippen LogP contribution in [0.1, 0.15) is 32.6 Å². The minimum Gasteiger partial charge on any atom is -0.468 e. The Labute approximate surface area is 91.3 Å². The molecule has 0 aliphatic heterocycles. The Kier molecular flexibility index (Phi) is 4.54. The Hall–Kier alpha value is -0.610. The van der Waals surface area contributed by atoms with E-state index < -0.39 is 0 Å². The summed E-state index contributed by atoms with van der Waals surface area (Å²) in [6, 6.07) is -0.206. The van der Waals surface area contributed by atoms with E-state index in [9.17, 15) is 4.79 Å². The highest BCUT2D eigenvalue weighted by molar-refractivity contribution is 5.75. The van der Waals surface area contributed by atoms with Crippen LogP contribution in [0.4, 0.5) is 0 Å². The summed E-state index contributed by atoms with van der Waals surface area (Å²) in [6.45, 7) is 2.70. The summed E-state index contributed by atoms with van der Waals surface area (Å²) in [4.78, 5) is 11.3. The lowest BCUT2D eigenvalue weighted by atomic mass is 9.80. The lowest BCUT2D eigenvalue weighted by molar-refractivity contribution is -0.144. The van der Waals surface area contributed by atoms with Crippen LogP contribution < -0.4 is 5.32 Å². The van der Waals surface area contributed by atoms with Crippen LogP contribution in [-0.2, 0) is 14.3 Å². The average molecular weight is 215 g/mol. The third-order valence-corrected chi connectivity index (χ3v) is 3.26. The second-order valence-electron chi connectivity index (χ2n) is 4.11. The van der Waals surface area contributed by atoms with Gasteiger partial charge in [0.15, 0.2) is 0 Å². The Morgan fingerprint density at radius 2 is 2.13 bits per heavy atom. The van der Waals surface area contributed by atoms with Gasteiger partial charge in [-0.15, -0.1) is 0 Å². The van der Waals surface area contributed by atoms with Crippen molar-refractivity contribution in [1.82, 2.24) is 5.32 Å². The van der Waals surface area contributed by atoms with Gasteiger partial charge in [-0.05, 0) is 25.7 Å². The SMILES string of the molecule is CCC(NCC1(OC)CCC1)C(=O)OC. The van der Waals surface area contributed by atoms with Gasteiger partial charge in [0.1, 0.15) is 6.04 Å². The van der Waals surface area contributed by atoms with Crippen molar-refractivity contribution >= 4 is 5.97 Å². The summed E-state index contributed by atoms with van der Waals surface area (Å²) in [5.74, 6) is -0.192. The summed E-state index contributed by atoms with van der Waals surface area (Å²) < 4.78 is 10.2. The minimum atomic E-state index is -0.206. The van der Waals surface area contributed by atoms with Crippen LogP contribution in [0.15, 0.2) is 0 Å². The first kappa shape index (κ1) is 12.5. The number of nitrogens with one attached hydrogen (secondary N) is 1. The molecular formula is C11H21NO3. The quantitative estimate of drug-likeness (QED) is 0.674. The molecule has 0 spiro atoms. The fourth-order valence-corrected chi connectivity index (χ4v) is 1.87. The molecule has 1 fully saturated rings. The monoisotopic (exact) mass is 215 g/mol. The molecule has 4 nitrogen and oxygen atoms in total. The van der Waals surface area contributed by atoms with Gasteiger partial charge < -0.3 is 14.8 Å². The Morgan fingerprint density at radius 1 is 1.47 bits per heavy atom. The lowest BCUT2D eigenvalue weighted by Gasteiger charge is -2.41. The standard InChI is InChI=1S/C11H21NO3/c1-4-9(10(13)14-2)12-8-11(15-3)6-5-7-11/h9,12H,4-8H2,1-3H3. The molecule has 4 heteroatoms. The molecule has 0 bridgehead atoms. The van der Waals surface area contributed by atoms with Crippen LogP contribution in [-0.4, -0.2) is 38.4 Å². The van der Waals surface area contributed by atoms with Crippen molar-refractivity contribution in [1.29, 1.82) is 0 Å². The van der Waals surface area contributed by atoms with Crippen molar-refractivity contribution in [3.8, 4) is 0 Å². The maximum absolute atomic E-state index is 11.3. The molecule has 1 aliphatic rings. The highest BCUT2D eigenvalue weighted by atomic mass is 16.5. The number of rotatable bonds is 6. The summed E-state index contributed by atoms with van der Waals surface area (Å²) in [5, 5.41) is 3.21. The molecule has 1 saturated carbocycles. The summed E-state index contributed by atoms with van der Waals surface area (Å²) >= 11 is 0. The van der Waals surface area contributed by atoms with Crippen molar-refractivity contribution in [3.05, 3.63) is 0 Å². The Bertz CT molecular complexity index is 208. The van der Waals surface area contributed by atoms with Crippen LogP contribution >= 0.6 is 0 Å². The molecule has 1 unspecified atom stereocenters. The van der Waals surface area contributed by atoms with Gasteiger partial charge in [-0.2, -0.15) is 0 Å². The van der Waals surface area contributed by atoms with Gasteiger partial charge in [-0.25, -0.2) is 0 Å². The number of carbonyl (C=O) groups excluding carboxylic acids is 1. The van der Waals surface area contributed by atoms with E-state index in [2.05, 4.69) is 5.32 Å². The van der Waals surface area contributed by atoms with Gasteiger partial charge >= 0.3 is 5.97 Å². The molecule has 0 amide bonds. The zero-order valence-electron chi connectivity index (χ0n) is 9.84. The molecule has 15 heavy (non-hydrogen) atoms. The third kappa shape index (κ3) is 2.92. The van der Waals surface area contributed by atoms with E-state index in [0.717, 1.165) is 25.8 Å². The van der Waals surface area contributed by atoms with Crippen molar-refractivity contribution in [3.63, 3.8) is 0 Å². The van der Waals surface area contributed by atoms with E-state index in [1.54, 1.807) is 7.11 Å². The zero-order chi connectivity index (χ0) is 11.3. The number of hydrogen-bond donors (Lipinski definition) is 1. The van der Waals surface area contributed by atoms with Crippen LogP contribution in [0.3, 0.4) is 0 Å². The maximum Gasteiger partial charge on any atom is 0.322 e. The van der Waals surface area contributed by atoms with Crippen molar-refractivity contribution in [2.75, 3.05) is 20.8 Å². The smallest absolute Gasteiger partial charge is 0.322 e. The largest absolute Gasteiger partial charge is 0.468 e. The average Bonchev–Trinajstić information content (AvgIpc) is 2.21. The fourth-order valence-electron chi connectivity index (χ4n) is 1.87. The Morgan fingerprint density at radius 3 is 2.47 bits per heavy atom. The van der Waals surface area contributed by atoms with E-state index in [4.69, 9.17) is 9.47 Å². The molecule has 1 aliphatic carbocycles. The molecule has 0 heterocycles. The number of carbonyl (C=O) groups is 1. The van der Waals surface area contributed by atoms with E-state index in [0.29, 0.717) is 0 Å². The van der Waals surface area contributed by atoms with E-state index in [-0.39, 0.29) is 17.6 Å². The molecular weight excluding hydrogens is 194 g/mol. The van der Waals surface area contributed by atoms with Gasteiger partial charge in [0.2, 0.25) is 0 Å². The van der Waals surface area contributed by atoms with Crippen LogP contribution in [0.5, 0.6) is 0 Å². The first-order valence-corrected chi connectivity index (χ1v) is 5.54. The molecule has 1 N–H and O–H groups in total.